The average Bonchev–Trinajstić information content (AvgIpc) is 2.49. The molecule has 0 aromatic heterocycles. The number of rotatable bonds is 4. The van der Waals surface area contributed by atoms with Crippen molar-refractivity contribution in [2.24, 2.45) is 10.2 Å². The Balaban J connectivity index is -0.000000295. The summed E-state index contributed by atoms with van der Waals surface area (Å²) in [5.74, 6) is 0. The van der Waals surface area contributed by atoms with Gasteiger partial charge in [-0.15, -0.1) is 0 Å². The third-order valence-corrected chi connectivity index (χ3v) is 4.17. The van der Waals surface area contributed by atoms with E-state index in [2.05, 4.69) is 45.5 Å². The van der Waals surface area contributed by atoms with E-state index in [1.807, 2.05) is 40.2 Å². The molecule has 0 unspecified atom stereocenters. The molecule has 0 radical (unpaired) electrons. The Labute approximate surface area is 160 Å². The Morgan fingerprint density at radius 1 is 0.857 bits per heavy atom. The number of nitrogens with zero attached hydrogens (tertiary/aromatic N) is 4. The van der Waals surface area contributed by atoms with Gasteiger partial charge in [-0.25, -0.2) is 0 Å². The van der Waals surface area contributed by atoms with Crippen molar-refractivity contribution < 1.29 is 19.5 Å². The van der Waals surface area contributed by atoms with Crippen LogP contribution < -0.4 is 0 Å². The van der Waals surface area contributed by atoms with Crippen molar-refractivity contribution in [3.63, 3.8) is 0 Å². The van der Waals surface area contributed by atoms with Crippen molar-refractivity contribution in [2.75, 3.05) is 12.5 Å². The topological polar surface area (TPSA) is 52.9 Å². The van der Waals surface area contributed by atoms with Crippen LogP contribution in [0.15, 0.2) is 10.2 Å². The molecule has 0 saturated heterocycles. The molecule has 21 heavy (non-hydrogen) atoms. The van der Waals surface area contributed by atoms with Gasteiger partial charge in [-0.2, -0.15) is 0 Å². The first-order valence-electron chi connectivity index (χ1n) is 6.09. The van der Waals surface area contributed by atoms with Gasteiger partial charge in [-0.3, -0.25) is 0 Å². The smallest absolute Gasteiger partial charge is 0.174 e. The van der Waals surface area contributed by atoms with E-state index in [1.54, 1.807) is 0 Å². The molecular formula is C12H24N4S4Zn. The molecule has 0 aliphatic rings. The van der Waals surface area contributed by atoms with Crippen LogP contribution in [0.5, 0.6) is 0 Å². The number of thioether (sulfide) groups is 2. The molecule has 0 aliphatic heterocycles. The first-order chi connectivity index (χ1) is 9.40. The van der Waals surface area contributed by atoms with Crippen LogP contribution in [0, 0.1) is 0 Å². The molecule has 0 saturated carbocycles. The third kappa shape index (κ3) is 20.4. The molecule has 0 N–H and O–H groups in total. The second-order valence-electron chi connectivity index (χ2n) is 3.55. The van der Waals surface area contributed by atoms with Crippen molar-refractivity contribution in [1.29, 1.82) is 0 Å². The molecule has 0 aromatic carbocycles. The fraction of sp³-hybridized carbons (Fsp3) is 0.667. The molecule has 0 rings (SSSR count). The number of hydrogen-bond donors (Lipinski definition) is 0. The van der Waals surface area contributed by atoms with Gasteiger partial charge in [0.1, 0.15) is 0 Å². The summed E-state index contributed by atoms with van der Waals surface area (Å²) >= 11 is 11.1. The summed E-state index contributed by atoms with van der Waals surface area (Å²) in [6, 6.07) is 0. The van der Waals surface area contributed by atoms with E-state index < -0.39 is 0 Å². The van der Waals surface area contributed by atoms with Crippen LogP contribution in [0.25, 0.3) is 10.9 Å². The summed E-state index contributed by atoms with van der Waals surface area (Å²) < 4.78 is 1.40. The van der Waals surface area contributed by atoms with E-state index in [0.29, 0.717) is 8.64 Å². The normalized spacial score (nSPS) is 10.8. The molecular weight excluding hydrogens is 394 g/mol. The molecule has 0 aromatic rings. The van der Waals surface area contributed by atoms with Crippen LogP contribution in [0.1, 0.15) is 40.5 Å². The van der Waals surface area contributed by atoms with Crippen LogP contribution in [-0.4, -0.2) is 32.6 Å². The van der Waals surface area contributed by atoms with Crippen LogP contribution in [-0.2, 0) is 43.9 Å². The van der Waals surface area contributed by atoms with Crippen LogP contribution in [0.4, 0.5) is 0 Å². The minimum absolute atomic E-state index is 0. The minimum Gasteiger partial charge on any atom is -0.520 e. The van der Waals surface area contributed by atoms with Gasteiger partial charge in [0, 0.05) is 19.5 Å². The molecule has 0 bridgehead atoms. The first kappa shape index (κ1) is 26.3. The maximum Gasteiger partial charge on any atom is 0.174 e. The van der Waals surface area contributed by atoms with Crippen LogP contribution in [0.2, 0.25) is 0 Å². The summed E-state index contributed by atoms with van der Waals surface area (Å²) in [6.45, 7) is 7.99. The Hall–Kier alpha value is 0.443. The second kappa shape index (κ2) is 18.5. The van der Waals surface area contributed by atoms with Gasteiger partial charge in [0.15, 0.2) is 33.1 Å². The Morgan fingerprint density at radius 3 is 1.33 bits per heavy atom. The van der Waals surface area contributed by atoms with Crippen LogP contribution in [0.3, 0.4) is 0 Å². The van der Waals surface area contributed by atoms with E-state index in [4.69, 9.17) is 0 Å². The van der Waals surface area contributed by atoms with Gasteiger partial charge in [0.05, 0.1) is 0 Å². The molecule has 0 fully saturated rings. The monoisotopic (exact) mass is 416 g/mol. The maximum atomic E-state index is 4.05. The quantitative estimate of drug-likeness (QED) is 0.175. The summed E-state index contributed by atoms with van der Waals surface area (Å²) in [4.78, 5) is 0. The standard InChI is InChI=1S/2C6H12N2S2.Zn/c2*1-4-5(2)7-8-6(9)10-3;/h2*4H2,1-3H3,(H,8,9);. The molecule has 0 aliphatic carbocycles. The van der Waals surface area contributed by atoms with E-state index in [1.165, 1.54) is 23.5 Å². The Bertz CT molecular complexity index is 325. The van der Waals surface area contributed by atoms with Gasteiger partial charge in [0.2, 0.25) is 0 Å². The summed E-state index contributed by atoms with van der Waals surface area (Å²) in [6.07, 6.45) is 5.73. The largest absolute Gasteiger partial charge is 0.520 e. The zero-order chi connectivity index (χ0) is 16.0. The Kier molecular flexibility index (Phi) is 23.2. The number of hydrogen-bond acceptors (Lipinski definition) is 4. The van der Waals surface area contributed by atoms with Crippen molar-refractivity contribution in [2.45, 2.75) is 40.5 Å². The Morgan fingerprint density at radius 2 is 1.14 bits per heavy atom. The van der Waals surface area contributed by atoms with Crippen molar-refractivity contribution in [3.8, 4) is 0 Å². The fourth-order valence-corrected chi connectivity index (χ4v) is 0.814. The molecule has 0 heterocycles. The van der Waals surface area contributed by atoms with Gasteiger partial charge in [-0.05, 0) is 50.6 Å². The maximum absolute atomic E-state index is 4.05. The molecule has 118 valence electrons. The molecule has 0 amide bonds. The number of thiol groups is 2. The first-order valence-corrected chi connectivity index (χ1v) is 9.43. The van der Waals surface area contributed by atoms with Crippen molar-refractivity contribution >= 4 is 68.0 Å². The third-order valence-electron chi connectivity index (χ3n) is 2.00. The summed E-state index contributed by atoms with van der Waals surface area (Å²) in [7, 11) is 0. The van der Waals surface area contributed by atoms with Crippen molar-refractivity contribution in [1.82, 2.24) is 0 Å². The SMILES string of the molecule is CCC(C)=N[N-]C(=[SH+])SC.CCC(C)=N[N-]C(=[SH+])SC.[Zn]. The predicted molar refractivity (Wildman–Crippen MR) is 108 cm³/mol. The zero-order valence-electron chi connectivity index (χ0n) is 13.6. The van der Waals surface area contributed by atoms with E-state index in [9.17, 15) is 0 Å². The molecule has 0 spiro atoms. The van der Waals surface area contributed by atoms with Crippen LogP contribution >= 0.6 is 23.5 Å². The van der Waals surface area contributed by atoms with Gasteiger partial charge < -0.3 is 21.1 Å². The second-order valence-corrected chi connectivity index (χ2v) is 6.59. The predicted octanol–water partition coefficient (Wildman–Crippen LogP) is 3.75. The van der Waals surface area contributed by atoms with E-state index >= 15 is 0 Å². The molecule has 4 nitrogen and oxygen atoms in total. The zero-order valence-corrected chi connectivity index (χ0v) is 20.0. The van der Waals surface area contributed by atoms with Gasteiger partial charge in [0.25, 0.3) is 0 Å². The van der Waals surface area contributed by atoms with Gasteiger partial charge >= 0.3 is 0 Å². The molecule has 0 atom stereocenters. The van der Waals surface area contributed by atoms with Crippen molar-refractivity contribution in [3.05, 3.63) is 10.9 Å². The van der Waals surface area contributed by atoms with E-state index in [-0.39, 0.29) is 19.5 Å². The average molecular weight is 418 g/mol. The van der Waals surface area contributed by atoms with Gasteiger partial charge in [-0.1, -0.05) is 37.4 Å². The minimum atomic E-state index is 0. The fourth-order valence-electron chi connectivity index (χ4n) is 0.479. The molecule has 9 heteroatoms. The van der Waals surface area contributed by atoms with E-state index in [0.717, 1.165) is 24.3 Å². The summed E-state index contributed by atoms with van der Waals surface area (Å²) in [5, 5.41) is 7.84. The summed E-state index contributed by atoms with van der Waals surface area (Å²) in [5.41, 5.74) is 9.75.